The van der Waals surface area contributed by atoms with Crippen molar-refractivity contribution in [2.75, 3.05) is 11.3 Å². The zero-order valence-corrected chi connectivity index (χ0v) is 10.7. The molecule has 0 radical (unpaired) electrons. The van der Waals surface area contributed by atoms with Crippen LogP contribution < -0.4 is 9.46 Å². The minimum absolute atomic E-state index is 0.814. The fraction of sp³-hybridized carbons (Fsp3) is 0.273. The van der Waals surface area contributed by atoms with Crippen LogP contribution in [0.4, 0.5) is 5.13 Å². The first-order chi connectivity index (χ1) is 8.42. The van der Waals surface area contributed by atoms with Gasteiger partial charge in [-0.25, -0.2) is 4.98 Å². The Balaban J connectivity index is 1.71. The minimum atomic E-state index is 0.814. The van der Waals surface area contributed by atoms with Crippen LogP contribution in [0, 0.1) is 0 Å². The summed E-state index contributed by atoms with van der Waals surface area (Å²) in [6, 6.07) is 6.32. The Morgan fingerprint density at radius 3 is 3.29 bits per heavy atom. The molecule has 1 aliphatic rings. The molecule has 1 aromatic carbocycles. The number of aromatic nitrogens is 2. The van der Waals surface area contributed by atoms with E-state index in [2.05, 4.69) is 32.3 Å². The van der Waals surface area contributed by atoms with E-state index < -0.39 is 0 Å². The second-order valence-electron chi connectivity index (χ2n) is 3.67. The number of aryl methyl sites for hydroxylation is 1. The largest absolute Gasteiger partial charge is 0.493 e. The Labute approximate surface area is 108 Å². The van der Waals surface area contributed by atoms with Crippen LogP contribution in [0.2, 0.25) is 0 Å². The molecule has 0 saturated carbocycles. The maximum Gasteiger partial charge on any atom is 0.212 e. The summed E-state index contributed by atoms with van der Waals surface area (Å²) in [7, 11) is 0. The fourth-order valence-corrected chi connectivity index (χ4v) is 2.83. The van der Waals surface area contributed by atoms with Crippen molar-refractivity contribution in [3.8, 4) is 5.75 Å². The molecule has 0 amide bonds. The molecule has 2 aromatic rings. The van der Waals surface area contributed by atoms with Crippen LogP contribution >= 0.6 is 23.5 Å². The molecule has 88 valence electrons. The first-order valence-electron chi connectivity index (χ1n) is 5.37. The highest BCUT2D eigenvalue weighted by molar-refractivity contribution is 8.00. The molecule has 0 bridgehead atoms. The number of fused-ring (bicyclic) bond motifs is 1. The average Bonchev–Trinajstić information content (AvgIpc) is 2.89. The van der Waals surface area contributed by atoms with Crippen LogP contribution in [0.25, 0.3) is 0 Å². The normalized spacial score (nSPS) is 13.9. The number of nitrogens with zero attached hydrogens (tertiary/aromatic N) is 2. The third kappa shape index (κ3) is 2.53. The highest BCUT2D eigenvalue weighted by Gasteiger charge is 2.10. The Morgan fingerprint density at radius 1 is 1.41 bits per heavy atom. The van der Waals surface area contributed by atoms with Crippen molar-refractivity contribution in [2.45, 2.75) is 17.7 Å². The van der Waals surface area contributed by atoms with Crippen molar-refractivity contribution >= 4 is 28.6 Å². The van der Waals surface area contributed by atoms with Gasteiger partial charge in [-0.2, -0.15) is 4.37 Å². The number of hydrogen-bond donors (Lipinski definition) is 1. The summed E-state index contributed by atoms with van der Waals surface area (Å²) in [6.45, 7) is 0.824. The standard InChI is InChI=1S/C11H11N3OS2/c1-2-8-3-4-9(6-10(8)15-5-1)16-14-11-12-7-13-17-11/h3-4,6-7H,1-2,5H2,(H,12,13,14). The van der Waals surface area contributed by atoms with E-state index in [1.807, 2.05) is 0 Å². The third-order valence-electron chi connectivity index (χ3n) is 2.50. The Kier molecular flexibility index (Phi) is 3.15. The molecule has 17 heavy (non-hydrogen) atoms. The lowest BCUT2D eigenvalue weighted by atomic mass is 10.1. The molecule has 0 atom stereocenters. The van der Waals surface area contributed by atoms with Gasteiger partial charge in [-0.1, -0.05) is 6.07 Å². The van der Waals surface area contributed by atoms with E-state index in [9.17, 15) is 0 Å². The van der Waals surface area contributed by atoms with Crippen molar-refractivity contribution in [1.29, 1.82) is 0 Å². The van der Waals surface area contributed by atoms with Gasteiger partial charge < -0.3 is 9.46 Å². The van der Waals surface area contributed by atoms with Gasteiger partial charge in [0.1, 0.15) is 12.1 Å². The maximum absolute atomic E-state index is 5.63. The van der Waals surface area contributed by atoms with Gasteiger partial charge in [-0.05, 0) is 42.5 Å². The number of anilines is 1. The molecule has 1 aliphatic heterocycles. The van der Waals surface area contributed by atoms with Gasteiger partial charge >= 0.3 is 0 Å². The van der Waals surface area contributed by atoms with Crippen molar-refractivity contribution < 1.29 is 4.74 Å². The highest BCUT2D eigenvalue weighted by atomic mass is 32.2. The van der Waals surface area contributed by atoms with Crippen molar-refractivity contribution in [3.05, 3.63) is 30.1 Å². The molecule has 0 unspecified atom stereocenters. The Morgan fingerprint density at radius 2 is 2.41 bits per heavy atom. The predicted octanol–water partition coefficient (Wildman–Crippen LogP) is 2.98. The van der Waals surface area contributed by atoms with Gasteiger partial charge in [0.15, 0.2) is 0 Å². The second-order valence-corrected chi connectivity index (χ2v) is 5.33. The van der Waals surface area contributed by atoms with E-state index in [-0.39, 0.29) is 0 Å². The van der Waals surface area contributed by atoms with E-state index in [1.165, 1.54) is 29.0 Å². The number of hydrogen-bond acceptors (Lipinski definition) is 6. The van der Waals surface area contributed by atoms with E-state index in [0.29, 0.717) is 0 Å². The molecule has 0 saturated heterocycles. The van der Waals surface area contributed by atoms with Crippen molar-refractivity contribution in [1.82, 2.24) is 9.36 Å². The number of nitrogens with one attached hydrogen (secondary N) is 1. The molecular weight excluding hydrogens is 254 g/mol. The molecule has 0 fully saturated rings. The monoisotopic (exact) mass is 265 g/mol. The smallest absolute Gasteiger partial charge is 0.212 e. The number of benzene rings is 1. The predicted molar refractivity (Wildman–Crippen MR) is 69.6 cm³/mol. The van der Waals surface area contributed by atoms with E-state index >= 15 is 0 Å². The van der Waals surface area contributed by atoms with Gasteiger partial charge in [-0.15, -0.1) is 0 Å². The van der Waals surface area contributed by atoms with Crippen LogP contribution in [0.3, 0.4) is 0 Å². The summed E-state index contributed by atoms with van der Waals surface area (Å²) in [4.78, 5) is 5.19. The first-order valence-corrected chi connectivity index (χ1v) is 6.96. The molecule has 6 heteroatoms. The summed E-state index contributed by atoms with van der Waals surface area (Å²) < 4.78 is 12.7. The zero-order valence-electron chi connectivity index (χ0n) is 9.05. The van der Waals surface area contributed by atoms with Gasteiger partial charge in [-0.3, -0.25) is 0 Å². The Hall–Kier alpha value is -1.27. The lowest BCUT2D eigenvalue weighted by molar-refractivity contribution is 0.287. The molecule has 0 spiro atoms. The molecule has 2 heterocycles. The minimum Gasteiger partial charge on any atom is -0.493 e. The number of ether oxygens (including phenoxy) is 1. The van der Waals surface area contributed by atoms with Crippen molar-refractivity contribution in [2.24, 2.45) is 0 Å². The molecule has 4 nitrogen and oxygen atoms in total. The van der Waals surface area contributed by atoms with Crippen LogP contribution in [0.15, 0.2) is 29.4 Å². The fourth-order valence-electron chi connectivity index (χ4n) is 1.70. The highest BCUT2D eigenvalue weighted by Crippen LogP contribution is 2.30. The van der Waals surface area contributed by atoms with E-state index in [1.54, 1.807) is 6.33 Å². The molecule has 0 aliphatic carbocycles. The second kappa shape index (κ2) is 4.93. The first kappa shape index (κ1) is 10.9. The quantitative estimate of drug-likeness (QED) is 0.864. The van der Waals surface area contributed by atoms with Gasteiger partial charge in [0, 0.05) is 16.4 Å². The lowest BCUT2D eigenvalue weighted by Gasteiger charge is -2.17. The van der Waals surface area contributed by atoms with Gasteiger partial charge in [0.05, 0.1) is 6.61 Å². The number of rotatable bonds is 3. The molecule has 1 aromatic heterocycles. The van der Waals surface area contributed by atoms with E-state index in [4.69, 9.17) is 4.74 Å². The molecule has 1 N–H and O–H groups in total. The molecule has 3 rings (SSSR count). The van der Waals surface area contributed by atoms with E-state index in [0.717, 1.165) is 35.2 Å². The summed E-state index contributed by atoms with van der Waals surface area (Å²) in [5.41, 5.74) is 1.30. The lowest BCUT2D eigenvalue weighted by Crippen LogP contribution is -2.08. The third-order valence-corrected chi connectivity index (χ3v) is 4.00. The van der Waals surface area contributed by atoms with Crippen LogP contribution in [0.5, 0.6) is 5.75 Å². The van der Waals surface area contributed by atoms with Gasteiger partial charge in [0.2, 0.25) is 5.13 Å². The van der Waals surface area contributed by atoms with Crippen molar-refractivity contribution in [3.63, 3.8) is 0 Å². The van der Waals surface area contributed by atoms with Crippen LogP contribution in [-0.4, -0.2) is 16.0 Å². The SMILES string of the molecule is c1nsc(NSc2ccc3c(c2)OCCC3)n1. The maximum atomic E-state index is 5.63. The zero-order chi connectivity index (χ0) is 11.5. The van der Waals surface area contributed by atoms with Crippen LogP contribution in [-0.2, 0) is 6.42 Å². The summed E-state index contributed by atoms with van der Waals surface area (Å²) in [5.74, 6) is 1.01. The molecular formula is C11H11N3OS2. The Bertz CT molecular complexity index is 501. The summed E-state index contributed by atoms with van der Waals surface area (Å²) in [5, 5.41) is 0.814. The summed E-state index contributed by atoms with van der Waals surface area (Å²) in [6.07, 6.45) is 3.77. The average molecular weight is 265 g/mol. The summed E-state index contributed by atoms with van der Waals surface area (Å²) >= 11 is 2.88. The topological polar surface area (TPSA) is 47.0 Å². The van der Waals surface area contributed by atoms with Crippen LogP contribution in [0.1, 0.15) is 12.0 Å². The van der Waals surface area contributed by atoms with Gasteiger partial charge in [0.25, 0.3) is 0 Å².